The molecule has 0 radical (unpaired) electrons. The lowest BCUT2D eigenvalue weighted by molar-refractivity contribution is -0.274. The summed E-state index contributed by atoms with van der Waals surface area (Å²) in [6, 6.07) is 13.1. The fourth-order valence-electron chi connectivity index (χ4n) is 2.50. The van der Waals surface area contributed by atoms with Gasteiger partial charge in [0.1, 0.15) is 10.8 Å². The molecule has 0 spiro atoms. The predicted octanol–water partition coefficient (Wildman–Crippen LogP) is 5.60. The number of aliphatic carboxylic acids is 1. The predicted molar refractivity (Wildman–Crippen MR) is 97.5 cm³/mol. The third-order valence-electron chi connectivity index (χ3n) is 3.65. The topological polar surface area (TPSA) is 59.4 Å². The van der Waals surface area contributed by atoms with Gasteiger partial charge in [-0.2, -0.15) is 0 Å². The number of carboxylic acids is 1. The molecule has 3 aromatic rings. The molecule has 0 unspecified atom stereocenters. The van der Waals surface area contributed by atoms with Crippen molar-refractivity contribution >= 4 is 39.2 Å². The molecule has 0 amide bonds. The number of nitrogens with zero attached hydrogens (tertiary/aromatic N) is 1. The Balaban J connectivity index is 2.04. The molecule has 1 aromatic heterocycles. The van der Waals surface area contributed by atoms with E-state index in [-0.39, 0.29) is 24.2 Å². The number of ether oxygens (including phenoxy) is 1. The van der Waals surface area contributed by atoms with Crippen molar-refractivity contribution in [1.82, 2.24) is 4.98 Å². The molecule has 0 aliphatic heterocycles. The molecule has 0 saturated heterocycles. The minimum absolute atomic E-state index is 0.134. The van der Waals surface area contributed by atoms with Crippen LogP contribution < -0.4 is 4.74 Å². The average molecular weight is 393 g/mol. The van der Waals surface area contributed by atoms with Crippen molar-refractivity contribution in [3.63, 3.8) is 0 Å². The van der Waals surface area contributed by atoms with E-state index in [0.29, 0.717) is 10.6 Å². The minimum atomic E-state index is -4.82. The number of carbonyl (C=O) groups is 1. The zero-order valence-electron chi connectivity index (χ0n) is 13.9. The van der Waals surface area contributed by atoms with Crippen LogP contribution in [-0.2, 0) is 4.79 Å². The van der Waals surface area contributed by atoms with Crippen molar-refractivity contribution in [3.8, 4) is 5.75 Å². The first-order valence-corrected chi connectivity index (χ1v) is 8.76. The maximum absolute atomic E-state index is 12.6. The lowest BCUT2D eigenvalue weighted by atomic mass is 10.1. The number of hydrogen-bond donors (Lipinski definition) is 1. The van der Waals surface area contributed by atoms with E-state index in [1.807, 2.05) is 24.3 Å². The number of allylic oxidation sites excluding steroid dienone is 1. The molecule has 0 atom stereocenters. The lowest BCUT2D eigenvalue weighted by Gasteiger charge is -2.12. The van der Waals surface area contributed by atoms with Gasteiger partial charge < -0.3 is 9.84 Å². The molecule has 2 aromatic carbocycles. The van der Waals surface area contributed by atoms with Crippen LogP contribution in [0.3, 0.4) is 0 Å². The summed E-state index contributed by atoms with van der Waals surface area (Å²) >= 11 is 1.36. The number of halogens is 3. The highest BCUT2D eigenvalue weighted by Gasteiger charge is 2.31. The molecule has 1 N–H and O–H groups in total. The van der Waals surface area contributed by atoms with Crippen LogP contribution >= 0.6 is 11.3 Å². The number of fused-ring (bicyclic) bond motifs is 1. The first kappa shape index (κ1) is 18.9. The van der Waals surface area contributed by atoms with Gasteiger partial charge in [-0.15, -0.1) is 24.5 Å². The summed E-state index contributed by atoms with van der Waals surface area (Å²) < 4.78 is 42.9. The van der Waals surface area contributed by atoms with Gasteiger partial charge in [0.05, 0.1) is 10.2 Å². The molecule has 0 fully saturated rings. The lowest BCUT2D eigenvalue weighted by Crippen LogP contribution is -2.17. The van der Waals surface area contributed by atoms with Gasteiger partial charge in [0.2, 0.25) is 0 Å². The van der Waals surface area contributed by atoms with E-state index in [1.54, 1.807) is 6.07 Å². The largest absolute Gasteiger partial charge is 0.573 e. The molecule has 4 nitrogen and oxygen atoms in total. The Kier molecular flexibility index (Phi) is 5.46. The van der Waals surface area contributed by atoms with Crippen LogP contribution in [0, 0.1) is 0 Å². The first-order chi connectivity index (χ1) is 12.8. The zero-order chi connectivity index (χ0) is 19.4. The molecule has 27 heavy (non-hydrogen) atoms. The Morgan fingerprint density at radius 3 is 2.52 bits per heavy atom. The van der Waals surface area contributed by atoms with Gasteiger partial charge in [-0.05, 0) is 36.3 Å². The number of alkyl halides is 3. The summed E-state index contributed by atoms with van der Waals surface area (Å²) in [6.45, 7) is 0. The average Bonchev–Trinajstić information content (AvgIpc) is 3.02. The van der Waals surface area contributed by atoms with E-state index in [1.165, 1.54) is 35.6 Å². The molecule has 3 rings (SSSR count). The van der Waals surface area contributed by atoms with Gasteiger partial charge in [0, 0.05) is 12.0 Å². The molecule has 0 aliphatic rings. The first-order valence-electron chi connectivity index (χ1n) is 7.95. The highest BCUT2D eigenvalue weighted by molar-refractivity contribution is 7.19. The number of benzene rings is 2. The van der Waals surface area contributed by atoms with Crippen molar-refractivity contribution in [3.05, 3.63) is 59.1 Å². The standard InChI is InChI=1S/C19H14F3NO3S/c20-19(21,22)26-15-7-3-1-5-12(15)11-13(9-10-17(24)25)18-23-14-6-2-4-8-16(14)27-18/h1-8,11H,9-10H2,(H,24,25)/b13-11+. The SMILES string of the molecule is O=C(O)CC/C(=C\c1ccccc1OC(F)(F)F)c1nc2ccccc2s1. The smallest absolute Gasteiger partial charge is 0.481 e. The second-order valence-electron chi connectivity index (χ2n) is 5.64. The molecule has 0 aliphatic carbocycles. The van der Waals surface area contributed by atoms with Crippen molar-refractivity contribution in [2.45, 2.75) is 19.2 Å². The summed E-state index contributed by atoms with van der Waals surface area (Å²) in [6.07, 6.45) is -3.34. The van der Waals surface area contributed by atoms with Gasteiger partial charge in [-0.25, -0.2) is 4.98 Å². The fraction of sp³-hybridized carbons (Fsp3) is 0.158. The summed E-state index contributed by atoms with van der Waals surface area (Å²) in [5.74, 6) is -1.35. The number of rotatable bonds is 6. The van der Waals surface area contributed by atoms with Gasteiger partial charge in [0.15, 0.2) is 0 Å². The van der Waals surface area contributed by atoms with E-state index in [0.717, 1.165) is 10.2 Å². The minimum Gasteiger partial charge on any atom is -0.481 e. The summed E-state index contributed by atoms with van der Waals surface area (Å²) in [7, 11) is 0. The van der Waals surface area contributed by atoms with Crippen LogP contribution in [0.4, 0.5) is 13.2 Å². The summed E-state index contributed by atoms with van der Waals surface area (Å²) in [5.41, 5.74) is 1.49. The highest BCUT2D eigenvalue weighted by atomic mass is 32.1. The number of thiazole rings is 1. The Morgan fingerprint density at radius 1 is 1.11 bits per heavy atom. The van der Waals surface area contributed by atoms with E-state index in [9.17, 15) is 18.0 Å². The number of aromatic nitrogens is 1. The number of hydrogen-bond acceptors (Lipinski definition) is 4. The molecule has 0 bridgehead atoms. The Hall–Kier alpha value is -2.87. The zero-order valence-corrected chi connectivity index (χ0v) is 14.7. The normalized spacial score (nSPS) is 12.3. The molecular weight excluding hydrogens is 379 g/mol. The van der Waals surface area contributed by atoms with Crippen LogP contribution in [0.15, 0.2) is 48.5 Å². The molecular formula is C19H14F3NO3S. The van der Waals surface area contributed by atoms with Crippen LogP contribution in [0.25, 0.3) is 21.9 Å². The third kappa shape index (κ3) is 5.07. The van der Waals surface area contributed by atoms with Gasteiger partial charge >= 0.3 is 12.3 Å². The monoisotopic (exact) mass is 393 g/mol. The molecule has 1 heterocycles. The van der Waals surface area contributed by atoms with Crippen LogP contribution in [-0.4, -0.2) is 22.4 Å². The summed E-state index contributed by atoms with van der Waals surface area (Å²) in [5, 5.41) is 9.57. The highest BCUT2D eigenvalue weighted by Crippen LogP contribution is 2.34. The van der Waals surface area contributed by atoms with Crippen LogP contribution in [0.2, 0.25) is 0 Å². The second kappa shape index (κ2) is 7.79. The van der Waals surface area contributed by atoms with Gasteiger partial charge in [0.25, 0.3) is 0 Å². The Labute approximate surface area is 156 Å². The Morgan fingerprint density at radius 2 is 1.81 bits per heavy atom. The second-order valence-corrected chi connectivity index (χ2v) is 6.67. The molecule has 140 valence electrons. The van der Waals surface area contributed by atoms with Crippen molar-refractivity contribution in [2.75, 3.05) is 0 Å². The quantitative estimate of drug-likeness (QED) is 0.592. The van der Waals surface area contributed by atoms with Crippen molar-refractivity contribution in [2.24, 2.45) is 0 Å². The molecule has 0 saturated carbocycles. The van der Waals surface area contributed by atoms with E-state index >= 15 is 0 Å². The van der Waals surface area contributed by atoms with Crippen molar-refractivity contribution in [1.29, 1.82) is 0 Å². The van der Waals surface area contributed by atoms with Crippen molar-refractivity contribution < 1.29 is 27.8 Å². The third-order valence-corrected chi connectivity index (χ3v) is 4.76. The Bertz CT molecular complexity index is 962. The van der Waals surface area contributed by atoms with E-state index in [2.05, 4.69) is 9.72 Å². The van der Waals surface area contributed by atoms with Crippen LogP contribution in [0.5, 0.6) is 5.75 Å². The van der Waals surface area contributed by atoms with Gasteiger partial charge in [-0.1, -0.05) is 30.3 Å². The summed E-state index contributed by atoms with van der Waals surface area (Å²) in [4.78, 5) is 15.5. The maximum atomic E-state index is 12.6. The van der Waals surface area contributed by atoms with Crippen LogP contribution in [0.1, 0.15) is 23.4 Å². The van der Waals surface area contributed by atoms with E-state index < -0.39 is 12.3 Å². The van der Waals surface area contributed by atoms with Gasteiger partial charge in [-0.3, -0.25) is 4.79 Å². The molecule has 8 heteroatoms. The number of para-hydroxylation sites is 2. The maximum Gasteiger partial charge on any atom is 0.573 e. The number of carboxylic acid groups (broad SMARTS) is 1. The van der Waals surface area contributed by atoms with E-state index in [4.69, 9.17) is 5.11 Å². The fourth-order valence-corrected chi connectivity index (χ4v) is 3.51.